The highest BCUT2D eigenvalue weighted by atomic mass is 32.2. The van der Waals surface area contributed by atoms with Crippen molar-refractivity contribution in [3.05, 3.63) is 24.0 Å². The van der Waals surface area contributed by atoms with Crippen molar-refractivity contribution in [1.29, 1.82) is 0 Å². The van der Waals surface area contributed by atoms with Gasteiger partial charge in [-0.3, -0.25) is 4.79 Å². The third-order valence-corrected chi connectivity index (χ3v) is 5.36. The highest BCUT2D eigenvalue weighted by Gasteiger charge is 2.22. The molecule has 0 aliphatic heterocycles. The number of methoxy groups -OCH3 is 2. The van der Waals surface area contributed by atoms with Crippen LogP contribution >= 0.6 is 0 Å². The molecule has 1 aromatic carbocycles. The molecule has 0 amide bonds. The van der Waals surface area contributed by atoms with Crippen molar-refractivity contribution >= 4 is 22.2 Å². The number of hydrogen-bond donors (Lipinski definition) is 0. The van der Waals surface area contributed by atoms with Crippen LogP contribution in [0.15, 0.2) is 18.4 Å². The Morgan fingerprint density at radius 2 is 1.64 bits per heavy atom. The van der Waals surface area contributed by atoms with E-state index in [1.165, 1.54) is 27.2 Å². The molecule has 8 heteroatoms. The molecule has 0 aromatic heterocycles. The normalized spacial score (nSPS) is 11.6. The molecule has 0 radical (unpaired) electrons. The van der Waals surface area contributed by atoms with Crippen molar-refractivity contribution in [2.24, 2.45) is 0 Å². The summed E-state index contributed by atoms with van der Waals surface area (Å²) in [6.07, 6.45) is 3.52. The Bertz CT molecular complexity index is 694. The van der Waals surface area contributed by atoms with Gasteiger partial charge in [0.2, 0.25) is 5.75 Å². The Morgan fingerprint density at radius 1 is 1.12 bits per heavy atom. The molecule has 140 valence electrons. The van der Waals surface area contributed by atoms with Crippen molar-refractivity contribution < 1.29 is 31.6 Å². The SMILES string of the molecule is CCC(CC)S(=O)(=O)O/C=C/c1cc(OC)c(OC(C)=O)c(OC)c1. The second kappa shape index (κ2) is 9.31. The Hall–Kier alpha value is -2.22. The Kier molecular flexibility index (Phi) is 7.76. The maximum atomic E-state index is 12.0. The predicted octanol–water partition coefficient (Wildman–Crippen LogP) is 3.13. The molecule has 0 aliphatic rings. The minimum absolute atomic E-state index is 0.153. The monoisotopic (exact) mass is 372 g/mol. The highest BCUT2D eigenvalue weighted by Crippen LogP contribution is 2.39. The summed E-state index contributed by atoms with van der Waals surface area (Å²) in [5.41, 5.74) is 0.560. The molecule has 0 heterocycles. The number of carbonyl (C=O) groups is 1. The Balaban J connectivity index is 3.08. The van der Waals surface area contributed by atoms with Crippen LogP contribution in [-0.2, 0) is 19.1 Å². The van der Waals surface area contributed by atoms with E-state index in [2.05, 4.69) is 0 Å². The number of hydrogen-bond acceptors (Lipinski definition) is 7. The zero-order chi connectivity index (χ0) is 19.0. The molecule has 7 nitrogen and oxygen atoms in total. The molecule has 0 atom stereocenters. The molecule has 1 aromatic rings. The van der Waals surface area contributed by atoms with Gasteiger partial charge in [0, 0.05) is 6.92 Å². The van der Waals surface area contributed by atoms with E-state index in [9.17, 15) is 13.2 Å². The summed E-state index contributed by atoms with van der Waals surface area (Å²) in [5, 5.41) is -0.549. The van der Waals surface area contributed by atoms with Gasteiger partial charge in [-0.05, 0) is 36.6 Å². The fourth-order valence-corrected chi connectivity index (χ4v) is 3.38. The zero-order valence-electron chi connectivity index (χ0n) is 15.1. The predicted molar refractivity (Wildman–Crippen MR) is 94.3 cm³/mol. The molecule has 0 bridgehead atoms. The van der Waals surface area contributed by atoms with E-state index in [4.69, 9.17) is 18.4 Å². The lowest BCUT2D eigenvalue weighted by Crippen LogP contribution is -2.20. The van der Waals surface area contributed by atoms with Gasteiger partial charge >= 0.3 is 16.1 Å². The molecule has 1 rings (SSSR count). The first-order chi connectivity index (χ1) is 11.8. The number of rotatable bonds is 9. The van der Waals surface area contributed by atoms with E-state index >= 15 is 0 Å². The average Bonchev–Trinajstić information content (AvgIpc) is 2.55. The second-order valence-corrected chi connectivity index (χ2v) is 7.02. The van der Waals surface area contributed by atoms with E-state index in [-0.39, 0.29) is 17.2 Å². The van der Waals surface area contributed by atoms with Crippen molar-refractivity contribution in [3.8, 4) is 17.2 Å². The third-order valence-electron chi connectivity index (χ3n) is 3.50. The van der Waals surface area contributed by atoms with Gasteiger partial charge in [0.05, 0.1) is 19.5 Å². The average molecular weight is 372 g/mol. The molecule has 0 unspecified atom stereocenters. The first kappa shape index (κ1) is 20.8. The number of benzene rings is 1. The van der Waals surface area contributed by atoms with Gasteiger partial charge in [-0.15, -0.1) is 0 Å². The summed E-state index contributed by atoms with van der Waals surface area (Å²) in [6.45, 7) is 4.85. The van der Waals surface area contributed by atoms with Gasteiger partial charge in [0.25, 0.3) is 0 Å². The van der Waals surface area contributed by atoms with Crippen molar-refractivity contribution in [2.45, 2.75) is 38.9 Å². The third kappa shape index (κ3) is 5.67. The number of esters is 1. The number of ether oxygens (including phenoxy) is 3. The van der Waals surface area contributed by atoms with E-state index in [1.54, 1.807) is 26.0 Å². The second-order valence-electron chi connectivity index (χ2n) is 5.18. The van der Waals surface area contributed by atoms with Crippen molar-refractivity contribution in [2.75, 3.05) is 14.2 Å². The van der Waals surface area contributed by atoms with Crippen LogP contribution in [0.1, 0.15) is 39.2 Å². The van der Waals surface area contributed by atoms with E-state index in [0.29, 0.717) is 18.4 Å². The molecular weight excluding hydrogens is 348 g/mol. The first-order valence-electron chi connectivity index (χ1n) is 7.82. The largest absolute Gasteiger partial charge is 0.493 e. The van der Waals surface area contributed by atoms with Gasteiger partial charge in [0.1, 0.15) is 6.26 Å². The number of carbonyl (C=O) groups excluding carboxylic acids is 1. The van der Waals surface area contributed by atoms with Gasteiger partial charge in [0.15, 0.2) is 11.5 Å². The van der Waals surface area contributed by atoms with Crippen LogP contribution in [-0.4, -0.2) is 33.9 Å². The van der Waals surface area contributed by atoms with Crippen molar-refractivity contribution in [1.82, 2.24) is 0 Å². The van der Waals surface area contributed by atoms with Crippen LogP contribution in [0.4, 0.5) is 0 Å². The summed E-state index contributed by atoms with van der Waals surface area (Å²) in [5.74, 6) is 0.189. The zero-order valence-corrected chi connectivity index (χ0v) is 15.9. The standard InChI is InChI=1S/C17H24O7S/c1-6-14(7-2)25(19,20)23-9-8-13-10-15(21-4)17(24-12(3)18)16(11-13)22-5/h8-11,14H,6-7H2,1-5H3/b9-8+. The van der Waals surface area contributed by atoms with Gasteiger partial charge < -0.3 is 18.4 Å². The minimum atomic E-state index is -3.67. The van der Waals surface area contributed by atoms with Gasteiger partial charge in [-0.2, -0.15) is 8.42 Å². The van der Waals surface area contributed by atoms with Crippen LogP contribution in [0.5, 0.6) is 17.2 Å². The molecule has 0 fully saturated rings. The smallest absolute Gasteiger partial charge is 0.311 e. The minimum Gasteiger partial charge on any atom is -0.493 e. The van der Waals surface area contributed by atoms with Gasteiger partial charge in [-0.1, -0.05) is 13.8 Å². The lowest BCUT2D eigenvalue weighted by atomic mass is 10.2. The molecule has 0 saturated carbocycles. The summed E-state index contributed by atoms with van der Waals surface area (Å²) < 4.78 is 44.5. The highest BCUT2D eigenvalue weighted by molar-refractivity contribution is 7.87. The van der Waals surface area contributed by atoms with Crippen molar-refractivity contribution in [3.63, 3.8) is 0 Å². The Morgan fingerprint density at radius 3 is 2.04 bits per heavy atom. The summed E-state index contributed by atoms with van der Waals surface area (Å²) in [7, 11) is -0.827. The van der Waals surface area contributed by atoms with E-state index in [1.807, 2.05) is 0 Å². The van der Waals surface area contributed by atoms with Crippen LogP contribution < -0.4 is 14.2 Å². The molecule has 25 heavy (non-hydrogen) atoms. The molecule has 0 spiro atoms. The Labute approximate surface area is 148 Å². The lowest BCUT2D eigenvalue weighted by molar-refractivity contribution is -0.132. The fourth-order valence-electron chi connectivity index (χ4n) is 2.20. The first-order valence-corrected chi connectivity index (χ1v) is 9.29. The van der Waals surface area contributed by atoms with Crippen LogP contribution in [0.25, 0.3) is 6.08 Å². The summed E-state index contributed by atoms with van der Waals surface area (Å²) in [6, 6.07) is 3.15. The maximum absolute atomic E-state index is 12.0. The summed E-state index contributed by atoms with van der Waals surface area (Å²) >= 11 is 0. The summed E-state index contributed by atoms with van der Waals surface area (Å²) in [4.78, 5) is 11.2. The van der Waals surface area contributed by atoms with E-state index in [0.717, 1.165) is 6.26 Å². The molecule has 0 saturated heterocycles. The quantitative estimate of drug-likeness (QED) is 0.285. The molecular formula is C17H24O7S. The van der Waals surface area contributed by atoms with Crippen LogP contribution in [0, 0.1) is 0 Å². The van der Waals surface area contributed by atoms with Crippen LogP contribution in [0.3, 0.4) is 0 Å². The van der Waals surface area contributed by atoms with E-state index < -0.39 is 21.3 Å². The molecule has 0 aliphatic carbocycles. The lowest BCUT2D eigenvalue weighted by Gasteiger charge is -2.14. The van der Waals surface area contributed by atoms with Gasteiger partial charge in [-0.25, -0.2) is 0 Å². The fraction of sp³-hybridized carbons (Fsp3) is 0.471. The topological polar surface area (TPSA) is 88.1 Å². The van der Waals surface area contributed by atoms with Crippen LogP contribution in [0.2, 0.25) is 0 Å². The maximum Gasteiger partial charge on any atom is 0.311 e. The molecule has 0 N–H and O–H groups in total.